The van der Waals surface area contributed by atoms with E-state index in [1.165, 1.54) is 5.56 Å². The minimum atomic E-state index is 0.485. The summed E-state index contributed by atoms with van der Waals surface area (Å²) >= 11 is 0. The van der Waals surface area contributed by atoms with E-state index in [2.05, 4.69) is 42.8 Å². The second-order valence-corrected chi connectivity index (χ2v) is 5.32. The summed E-state index contributed by atoms with van der Waals surface area (Å²) in [6.07, 6.45) is 0. The molecule has 1 atom stereocenters. The highest BCUT2D eigenvalue weighted by molar-refractivity contribution is 5.27. The topological polar surface area (TPSA) is 15.7 Å². The number of hydrogen-bond donors (Lipinski definition) is 0. The fourth-order valence-corrected chi connectivity index (χ4v) is 2.29. The Labute approximate surface area is 110 Å². The van der Waals surface area contributed by atoms with Crippen LogP contribution in [0.1, 0.15) is 12.5 Å². The lowest BCUT2D eigenvalue weighted by atomic mass is 10.2. The number of nitrogens with zero attached hydrogens (tertiary/aromatic N) is 2. The molecule has 0 aliphatic carbocycles. The van der Waals surface area contributed by atoms with Crippen LogP contribution < -0.4 is 4.74 Å². The fraction of sp³-hybridized carbons (Fsp3) is 0.600. The Balaban J connectivity index is 1.79. The maximum Gasteiger partial charge on any atom is 0.119 e. The molecule has 1 fully saturated rings. The van der Waals surface area contributed by atoms with Crippen LogP contribution in [0.4, 0.5) is 0 Å². The molecule has 100 valence electrons. The first kappa shape index (κ1) is 13.4. The zero-order chi connectivity index (χ0) is 13.0. The molecule has 0 bridgehead atoms. The lowest BCUT2D eigenvalue weighted by Gasteiger charge is -2.36. The van der Waals surface area contributed by atoms with Crippen molar-refractivity contribution in [3.8, 4) is 5.75 Å². The monoisotopic (exact) mass is 248 g/mol. The number of rotatable bonds is 4. The molecule has 1 aromatic rings. The van der Waals surface area contributed by atoms with Gasteiger partial charge in [-0.05, 0) is 38.6 Å². The van der Waals surface area contributed by atoms with Crippen molar-refractivity contribution in [1.82, 2.24) is 9.80 Å². The second kappa shape index (κ2) is 6.21. The van der Waals surface area contributed by atoms with Gasteiger partial charge in [0.05, 0.1) is 0 Å². The van der Waals surface area contributed by atoms with E-state index in [1.54, 1.807) is 0 Å². The van der Waals surface area contributed by atoms with E-state index in [9.17, 15) is 0 Å². The third-order valence-electron chi connectivity index (χ3n) is 3.64. The Bertz CT molecular complexity index is 373. The standard InChI is InChI=1S/C15H24N2O/c1-13-5-4-6-15(11-13)18-12-14(2)17-9-7-16(3)8-10-17/h4-6,11,14H,7-10,12H2,1-3H3. The Morgan fingerprint density at radius 3 is 2.61 bits per heavy atom. The van der Waals surface area contributed by atoms with Gasteiger partial charge in [-0.2, -0.15) is 0 Å². The van der Waals surface area contributed by atoms with Gasteiger partial charge in [0.2, 0.25) is 0 Å². The normalized spacial score (nSPS) is 19.7. The van der Waals surface area contributed by atoms with Crippen molar-refractivity contribution in [3.05, 3.63) is 29.8 Å². The average Bonchev–Trinajstić information content (AvgIpc) is 2.37. The molecule has 0 spiro atoms. The van der Waals surface area contributed by atoms with Crippen LogP contribution in [0.25, 0.3) is 0 Å². The van der Waals surface area contributed by atoms with Gasteiger partial charge in [-0.3, -0.25) is 4.90 Å². The largest absolute Gasteiger partial charge is 0.492 e. The van der Waals surface area contributed by atoms with Gasteiger partial charge in [0.15, 0.2) is 0 Å². The molecule has 0 aromatic heterocycles. The number of ether oxygens (including phenoxy) is 1. The van der Waals surface area contributed by atoms with Crippen LogP contribution in [0.5, 0.6) is 5.75 Å². The van der Waals surface area contributed by atoms with E-state index in [0.717, 1.165) is 38.5 Å². The SMILES string of the molecule is Cc1cccc(OCC(C)N2CCN(C)CC2)c1. The van der Waals surface area contributed by atoms with E-state index in [-0.39, 0.29) is 0 Å². The van der Waals surface area contributed by atoms with Crippen molar-refractivity contribution in [2.24, 2.45) is 0 Å². The van der Waals surface area contributed by atoms with Crippen LogP contribution >= 0.6 is 0 Å². The third-order valence-corrected chi connectivity index (χ3v) is 3.64. The summed E-state index contributed by atoms with van der Waals surface area (Å²) in [7, 11) is 2.19. The van der Waals surface area contributed by atoms with E-state index in [1.807, 2.05) is 12.1 Å². The van der Waals surface area contributed by atoms with Crippen LogP contribution in [0.3, 0.4) is 0 Å². The van der Waals surface area contributed by atoms with E-state index >= 15 is 0 Å². The van der Waals surface area contributed by atoms with Gasteiger partial charge >= 0.3 is 0 Å². The molecule has 18 heavy (non-hydrogen) atoms. The number of aryl methyl sites for hydroxylation is 1. The highest BCUT2D eigenvalue weighted by Gasteiger charge is 2.19. The molecule has 1 aromatic carbocycles. The van der Waals surface area contributed by atoms with Crippen molar-refractivity contribution in [1.29, 1.82) is 0 Å². The van der Waals surface area contributed by atoms with Gasteiger partial charge in [-0.25, -0.2) is 0 Å². The molecular weight excluding hydrogens is 224 g/mol. The molecule has 1 aliphatic heterocycles. The smallest absolute Gasteiger partial charge is 0.119 e. The maximum absolute atomic E-state index is 5.87. The number of hydrogen-bond acceptors (Lipinski definition) is 3. The summed E-state index contributed by atoms with van der Waals surface area (Å²) in [6.45, 7) is 9.73. The van der Waals surface area contributed by atoms with Crippen molar-refractivity contribution in [2.45, 2.75) is 19.9 Å². The van der Waals surface area contributed by atoms with Crippen LogP contribution in [0, 0.1) is 6.92 Å². The maximum atomic E-state index is 5.87. The molecule has 3 nitrogen and oxygen atoms in total. The first-order valence-electron chi connectivity index (χ1n) is 6.77. The Kier molecular flexibility index (Phi) is 4.61. The summed E-state index contributed by atoms with van der Waals surface area (Å²) < 4.78 is 5.87. The van der Waals surface area contributed by atoms with Crippen LogP contribution in [0.2, 0.25) is 0 Å². The zero-order valence-corrected chi connectivity index (χ0v) is 11.7. The molecule has 0 amide bonds. The predicted octanol–water partition coefficient (Wildman–Crippen LogP) is 2.01. The summed E-state index contributed by atoms with van der Waals surface area (Å²) in [4.78, 5) is 4.89. The number of likely N-dealkylation sites (N-methyl/N-ethyl adjacent to an activating group) is 1. The second-order valence-electron chi connectivity index (χ2n) is 5.32. The summed E-state index contributed by atoms with van der Waals surface area (Å²) in [6, 6.07) is 8.75. The fourth-order valence-electron chi connectivity index (χ4n) is 2.29. The highest BCUT2D eigenvalue weighted by Crippen LogP contribution is 2.14. The number of piperazine rings is 1. The molecule has 3 heteroatoms. The van der Waals surface area contributed by atoms with Crippen molar-refractivity contribution < 1.29 is 4.74 Å². The van der Waals surface area contributed by atoms with E-state index in [4.69, 9.17) is 4.74 Å². The zero-order valence-electron chi connectivity index (χ0n) is 11.7. The van der Waals surface area contributed by atoms with Crippen molar-refractivity contribution >= 4 is 0 Å². The molecule has 1 aliphatic rings. The summed E-state index contributed by atoms with van der Waals surface area (Å²) in [5, 5.41) is 0. The lowest BCUT2D eigenvalue weighted by molar-refractivity contribution is 0.0904. The Morgan fingerprint density at radius 1 is 1.22 bits per heavy atom. The number of benzene rings is 1. The average molecular weight is 248 g/mol. The molecule has 1 saturated heterocycles. The van der Waals surface area contributed by atoms with Crippen LogP contribution in [-0.4, -0.2) is 55.7 Å². The minimum absolute atomic E-state index is 0.485. The highest BCUT2D eigenvalue weighted by atomic mass is 16.5. The molecular formula is C15H24N2O. The Morgan fingerprint density at radius 2 is 1.94 bits per heavy atom. The van der Waals surface area contributed by atoms with Crippen molar-refractivity contribution in [2.75, 3.05) is 39.8 Å². The molecule has 0 radical (unpaired) electrons. The summed E-state index contributed by atoms with van der Waals surface area (Å²) in [5.41, 5.74) is 1.25. The van der Waals surface area contributed by atoms with E-state index < -0.39 is 0 Å². The van der Waals surface area contributed by atoms with Crippen molar-refractivity contribution in [3.63, 3.8) is 0 Å². The first-order chi connectivity index (χ1) is 8.65. The molecule has 1 unspecified atom stereocenters. The third kappa shape index (κ3) is 3.72. The van der Waals surface area contributed by atoms with Gasteiger partial charge in [0.1, 0.15) is 12.4 Å². The molecule has 0 N–H and O–H groups in total. The predicted molar refractivity (Wildman–Crippen MR) is 75.2 cm³/mol. The van der Waals surface area contributed by atoms with Crippen LogP contribution in [-0.2, 0) is 0 Å². The summed E-state index contributed by atoms with van der Waals surface area (Å²) in [5.74, 6) is 0.982. The lowest BCUT2D eigenvalue weighted by Crippen LogP contribution is -2.49. The van der Waals surface area contributed by atoms with Gasteiger partial charge in [0, 0.05) is 32.2 Å². The van der Waals surface area contributed by atoms with Gasteiger partial charge < -0.3 is 9.64 Å². The van der Waals surface area contributed by atoms with Crippen LogP contribution in [0.15, 0.2) is 24.3 Å². The van der Waals surface area contributed by atoms with Gasteiger partial charge in [0.25, 0.3) is 0 Å². The molecule has 2 rings (SSSR count). The minimum Gasteiger partial charge on any atom is -0.492 e. The Hall–Kier alpha value is -1.06. The molecule has 1 heterocycles. The van der Waals surface area contributed by atoms with Gasteiger partial charge in [-0.1, -0.05) is 12.1 Å². The first-order valence-corrected chi connectivity index (χ1v) is 6.77. The quantitative estimate of drug-likeness (QED) is 0.810. The van der Waals surface area contributed by atoms with E-state index in [0.29, 0.717) is 6.04 Å². The molecule has 0 saturated carbocycles. The van der Waals surface area contributed by atoms with Gasteiger partial charge in [-0.15, -0.1) is 0 Å².